The first-order valence-corrected chi connectivity index (χ1v) is 6.51. The Morgan fingerprint density at radius 2 is 2.10 bits per heavy atom. The van der Waals surface area contributed by atoms with Gasteiger partial charge in [0.15, 0.2) is 0 Å². The van der Waals surface area contributed by atoms with E-state index in [-0.39, 0.29) is 16.7 Å². The maximum absolute atomic E-state index is 10.7. The van der Waals surface area contributed by atoms with Gasteiger partial charge in [-0.05, 0) is 32.4 Å². The van der Waals surface area contributed by atoms with Gasteiger partial charge >= 0.3 is 0 Å². The van der Waals surface area contributed by atoms with E-state index in [2.05, 4.69) is 12.2 Å². The lowest BCUT2D eigenvalue weighted by Gasteiger charge is -2.13. The van der Waals surface area contributed by atoms with Gasteiger partial charge < -0.3 is 9.73 Å². The van der Waals surface area contributed by atoms with Gasteiger partial charge in [-0.2, -0.15) is 0 Å². The number of nitrogens with zero attached hydrogens (tertiary/aromatic N) is 1. The van der Waals surface area contributed by atoms with Crippen LogP contribution in [0.15, 0.2) is 34.7 Å². The van der Waals surface area contributed by atoms with Gasteiger partial charge in [0.25, 0.3) is 5.69 Å². The standard InChI is InChI=1S/C15H18N2O3/c1-10-7-15(12(3)20-10)11(2)16-9-13-5-4-6-14(8-13)17(18)19/h4-8,11,16H,9H2,1-3H3. The van der Waals surface area contributed by atoms with Gasteiger partial charge in [0.1, 0.15) is 11.5 Å². The molecule has 1 atom stereocenters. The molecule has 0 amide bonds. The van der Waals surface area contributed by atoms with Crippen LogP contribution in [0.5, 0.6) is 0 Å². The Hall–Kier alpha value is -2.14. The van der Waals surface area contributed by atoms with Crippen LogP contribution in [0.2, 0.25) is 0 Å². The van der Waals surface area contributed by atoms with Crippen LogP contribution >= 0.6 is 0 Å². The van der Waals surface area contributed by atoms with Crippen molar-refractivity contribution in [2.45, 2.75) is 33.4 Å². The molecule has 5 heteroatoms. The molecule has 0 aliphatic carbocycles. The van der Waals surface area contributed by atoms with Crippen LogP contribution in [0.1, 0.15) is 35.6 Å². The highest BCUT2D eigenvalue weighted by Gasteiger charge is 2.12. The van der Waals surface area contributed by atoms with Gasteiger partial charge in [-0.1, -0.05) is 12.1 Å². The quantitative estimate of drug-likeness (QED) is 0.667. The lowest BCUT2D eigenvalue weighted by atomic mass is 10.1. The molecular weight excluding hydrogens is 256 g/mol. The average Bonchev–Trinajstić information content (AvgIpc) is 2.75. The molecule has 0 fully saturated rings. The molecular formula is C15H18N2O3. The largest absolute Gasteiger partial charge is 0.466 e. The number of nitro benzene ring substituents is 1. The molecule has 0 spiro atoms. The predicted molar refractivity (Wildman–Crippen MR) is 76.5 cm³/mol. The molecule has 0 bridgehead atoms. The minimum atomic E-state index is -0.378. The van der Waals surface area contributed by atoms with Crippen molar-refractivity contribution in [2.75, 3.05) is 0 Å². The summed E-state index contributed by atoms with van der Waals surface area (Å²) in [4.78, 5) is 10.4. The number of furan rings is 1. The molecule has 1 aromatic heterocycles. The zero-order valence-corrected chi connectivity index (χ0v) is 11.8. The fraction of sp³-hybridized carbons (Fsp3) is 0.333. The Kier molecular flexibility index (Phi) is 4.20. The fourth-order valence-electron chi connectivity index (χ4n) is 2.24. The number of hydrogen-bond donors (Lipinski definition) is 1. The summed E-state index contributed by atoms with van der Waals surface area (Å²) >= 11 is 0. The maximum Gasteiger partial charge on any atom is 0.269 e. The SMILES string of the molecule is Cc1cc(C(C)NCc2cccc([N+](=O)[O-])c2)c(C)o1. The second-order valence-corrected chi connectivity index (χ2v) is 4.90. The van der Waals surface area contributed by atoms with Gasteiger partial charge in [0.2, 0.25) is 0 Å². The molecule has 1 heterocycles. The number of nitro groups is 1. The van der Waals surface area contributed by atoms with E-state index in [9.17, 15) is 10.1 Å². The highest BCUT2D eigenvalue weighted by molar-refractivity contribution is 5.34. The number of benzene rings is 1. The molecule has 2 rings (SSSR count). The van der Waals surface area contributed by atoms with E-state index in [1.165, 1.54) is 6.07 Å². The highest BCUT2D eigenvalue weighted by Crippen LogP contribution is 2.22. The van der Waals surface area contributed by atoms with Crippen molar-refractivity contribution in [3.63, 3.8) is 0 Å². The number of nitrogens with one attached hydrogen (secondary N) is 1. The van der Waals surface area contributed by atoms with Crippen LogP contribution in [0, 0.1) is 24.0 Å². The summed E-state index contributed by atoms with van der Waals surface area (Å²) in [6.45, 7) is 6.48. The van der Waals surface area contributed by atoms with E-state index >= 15 is 0 Å². The molecule has 0 saturated heterocycles. The smallest absolute Gasteiger partial charge is 0.269 e. The predicted octanol–water partition coefficient (Wildman–Crippen LogP) is 3.66. The zero-order valence-electron chi connectivity index (χ0n) is 11.8. The van der Waals surface area contributed by atoms with E-state index in [1.54, 1.807) is 12.1 Å². The van der Waals surface area contributed by atoms with Crippen molar-refractivity contribution in [1.82, 2.24) is 5.32 Å². The minimum Gasteiger partial charge on any atom is -0.466 e. The third-order valence-electron chi connectivity index (χ3n) is 3.28. The lowest BCUT2D eigenvalue weighted by molar-refractivity contribution is -0.384. The fourth-order valence-corrected chi connectivity index (χ4v) is 2.24. The molecule has 1 aromatic carbocycles. The van der Waals surface area contributed by atoms with Gasteiger partial charge in [-0.15, -0.1) is 0 Å². The molecule has 0 aliphatic heterocycles. The summed E-state index contributed by atoms with van der Waals surface area (Å²) < 4.78 is 5.51. The summed E-state index contributed by atoms with van der Waals surface area (Å²) in [6, 6.07) is 8.81. The maximum atomic E-state index is 10.7. The monoisotopic (exact) mass is 274 g/mol. The Bertz CT molecular complexity index is 619. The van der Waals surface area contributed by atoms with E-state index in [1.807, 2.05) is 26.0 Å². The number of rotatable bonds is 5. The Balaban J connectivity index is 2.03. The number of hydrogen-bond acceptors (Lipinski definition) is 4. The Morgan fingerprint density at radius 3 is 2.70 bits per heavy atom. The molecule has 0 radical (unpaired) electrons. The van der Waals surface area contributed by atoms with Gasteiger partial charge in [0.05, 0.1) is 4.92 Å². The van der Waals surface area contributed by atoms with Gasteiger partial charge in [-0.3, -0.25) is 10.1 Å². The van der Waals surface area contributed by atoms with Crippen molar-refractivity contribution < 1.29 is 9.34 Å². The Labute approximate surface area is 117 Å². The van der Waals surface area contributed by atoms with Crippen molar-refractivity contribution in [1.29, 1.82) is 0 Å². The summed E-state index contributed by atoms with van der Waals surface area (Å²) in [6.07, 6.45) is 0. The van der Waals surface area contributed by atoms with Crippen molar-refractivity contribution in [2.24, 2.45) is 0 Å². The van der Waals surface area contributed by atoms with Crippen LogP contribution in [-0.2, 0) is 6.54 Å². The van der Waals surface area contributed by atoms with Gasteiger partial charge in [-0.25, -0.2) is 0 Å². The first kappa shape index (κ1) is 14.3. The molecule has 0 aliphatic rings. The third-order valence-corrected chi connectivity index (χ3v) is 3.28. The number of non-ortho nitro benzene ring substituents is 1. The van der Waals surface area contributed by atoms with Crippen molar-refractivity contribution in [3.8, 4) is 0 Å². The number of aryl methyl sites for hydroxylation is 2. The van der Waals surface area contributed by atoms with Crippen molar-refractivity contribution in [3.05, 3.63) is 63.1 Å². The third kappa shape index (κ3) is 3.24. The van der Waals surface area contributed by atoms with Crippen LogP contribution in [-0.4, -0.2) is 4.92 Å². The normalized spacial score (nSPS) is 12.3. The van der Waals surface area contributed by atoms with Crippen LogP contribution in [0.25, 0.3) is 0 Å². The second-order valence-electron chi connectivity index (χ2n) is 4.90. The minimum absolute atomic E-state index is 0.118. The molecule has 0 saturated carbocycles. The average molecular weight is 274 g/mol. The van der Waals surface area contributed by atoms with E-state index in [0.717, 1.165) is 22.6 Å². The van der Waals surface area contributed by atoms with Crippen molar-refractivity contribution >= 4 is 5.69 Å². The Morgan fingerprint density at radius 1 is 1.35 bits per heavy atom. The second kappa shape index (κ2) is 5.88. The first-order chi connectivity index (χ1) is 9.47. The van der Waals surface area contributed by atoms with E-state index in [0.29, 0.717) is 6.54 Å². The zero-order chi connectivity index (χ0) is 14.7. The van der Waals surface area contributed by atoms with E-state index in [4.69, 9.17) is 4.42 Å². The molecule has 2 aromatic rings. The molecule has 20 heavy (non-hydrogen) atoms. The van der Waals surface area contributed by atoms with E-state index < -0.39 is 0 Å². The summed E-state index contributed by atoms with van der Waals surface area (Å²) in [7, 11) is 0. The molecule has 1 N–H and O–H groups in total. The van der Waals surface area contributed by atoms with Gasteiger partial charge in [0, 0.05) is 30.3 Å². The molecule has 106 valence electrons. The highest BCUT2D eigenvalue weighted by atomic mass is 16.6. The van der Waals surface area contributed by atoms with Crippen LogP contribution < -0.4 is 5.32 Å². The molecule has 1 unspecified atom stereocenters. The lowest BCUT2D eigenvalue weighted by Crippen LogP contribution is -2.18. The topological polar surface area (TPSA) is 68.3 Å². The molecule has 5 nitrogen and oxygen atoms in total. The van der Waals surface area contributed by atoms with Crippen LogP contribution in [0.4, 0.5) is 5.69 Å². The first-order valence-electron chi connectivity index (χ1n) is 6.51. The summed E-state index contributed by atoms with van der Waals surface area (Å²) in [5.41, 5.74) is 2.13. The summed E-state index contributed by atoms with van der Waals surface area (Å²) in [5, 5.41) is 14.1. The summed E-state index contributed by atoms with van der Waals surface area (Å²) in [5.74, 6) is 1.79. The van der Waals surface area contributed by atoms with Crippen LogP contribution in [0.3, 0.4) is 0 Å².